The number of halogens is 1. The Kier molecular flexibility index (Phi) is 5.53. The highest BCUT2D eigenvalue weighted by molar-refractivity contribution is 7.80. The lowest BCUT2D eigenvalue weighted by atomic mass is 10.2. The minimum Gasteiger partial charge on any atom is -0.358 e. The molecule has 84 valence electrons. The van der Waals surface area contributed by atoms with Gasteiger partial charge < -0.3 is 5.32 Å². The number of thiocarbonyl (C=S) groups is 1. The summed E-state index contributed by atoms with van der Waals surface area (Å²) in [7, 11) is 0. The van der Waals surface area contributed by atoms with Crippen LogP contribution < -0.4 is 10.7 Å². The van der Waals surface area contributed by atoms with Crippen molar-refractivity contribution in [2.45, 2.75) is 0 Å². The first-order valence-corrected chi connectivity index (χ1v) is 5.44. The van der Waals surface area contributed by atoms with E-state index in [1.165, 1.54) is 0 Å². The van der Waals surface area contributed by atoms with E-state index in [2.05, 4.69) is 22.4 Å². The fourth-order valence-corrected chi connectivity index (χ4v) is 1.18. The molecule has 0 unspecified atom stereocenters. The number of rotatable bonds is 4. The molecule has 2 N–H and O–H groups in total. The van der Waals surface area contributed by atoms with Gasteiger partial charge in [0.1, 0.15) is 0 Å². The first kappa shape index (κ1) is 12.7. The fraction of sp³-hybridized carbons (Fsp3) is 0.0909. The van der Waals surface area contributed by atoms with Gasteiger partial charge in [0.25, 0.3) is 0 Å². The lowest BCUT2D eigenvalue weighted by Gasteiger charge is -2.02. The highest BCUT2D eigenvalue weighted by Crippen LogP contribution is 2.07. The predicted octanol–water partition coefficient (Wildman–Crippen LogP) is 2.32. The molecule has 1 aromatic carbocycles. The van der Waals surface area contributed by atoms with Crippen LogP contribution in [0.5, 0.6) is 0 Å². The van der Waals surface area contributed by atoms with E-state index >= 15 is 0 Å². The average Bonchev–Trinajstić information content (AvgIpc) is 2.29. The van der Waals surface area contributed by atoms with E-state index in [0.29, 0.717) is 16.7 Å². The van der Waals surface area contributed by atoms with Gasteiger partial charge in [0.05, 0.1) is 6.21 Å². The summed E-state index contributed by atoms with van der Waals surface area (Å²) in [5.41, 5.74) is 3.64. The van der Waals surface area contributed by atoms with Crippen molar-refractivity contribution in [3.63, 3.8) is 0 Å². The Balaban J connectivity index is 2.39. The molecule has 0 aromatic heterocycles. The maximum Gasteiger partial charge on any atom is 0.187 e. The van der Waals surface area contributed by atoms with Gasteiger partial charge in [-0.25, -0.2) is 0 Å². The van der Waals surface area contributed by atoms with Crippen molar-refractivity contribution in [3.05, 3.63) is 47.5 Å². The molecular formula is C11H12ClN3S. The van der Waals surface area contributed by atoms with Crippen LogP contribution in [0.1, 0.15) is 5.56 Å². The van der Waals surface area contributed by atoms with E-state index in [0.717, 1.165) is 5.56 Å². The largest absolute Gasteiger partial charge is 0.358 e. The SMILES string of the molecule is C=CCNC(=S)N/N=C/c1ccc(Cl)cc1. The quantitative estimate of drug-likeness (QED) is 0.374. The summed E-state index contributed by atoms with van der Waals surface area (Å²) < 4.78 is 0. The second kappa shape index (κ2) is 6.98. The van der Waals surface area contributed by atoms with Crippen molar-refractivity contribution in [1.82, 2.24) is 10.7 Å². The van der Waals surface area contributed by atoms with E-state index in [1.54, 1.807) is 24.4 Å². The number of nitrogens with one attached hydrogen (secondary N) is 2. The van der Waals surface area contributed by atoms with Crippen molar-refractivity contribution in [2.24, 2.45) is 5.10 Å². The Bertz CT molecular complexity index is 387. The molecule has 1 rings (SSSR count). The van der Waals surface area contributed by atoms with E-state index in [9.17, 15) is 0 Å². The van der Waals surface area contributed by atoms with Crippen molar-refractivity contribution in [1.29, 1.82) is 0 Å². The van der Waals surface area contributed by atoms with Crippen molar-refractivity contribution in [3.8, 4) is 0 Å². The van der Waals surface area contributed by atoms with Crippen LogP contribution in [0.25, 0.3) is 0 Å². The monoisotopic (exact) mass is 253 g/mol. The molecule has 0 fully saturated rings. The average molecular weight is 254 g/mol. The molecule has 5 heteroatoms. The number of hydrogen-bond acceptors (Lipinski definition) is 2. The first-order chi connectivity index (χ1) is 7.72. The lowest BCUT2D eigenvalue weighted by Crippen LogP contribution is -2.31. The Morgan fingerprint density at radius 1 is 1.44 bits per heavy atom. The molecule has 16 heavy (non-hydrogen) atoms. The molecule has 0 radical (unpaired) electrons. The smallest absolute Gasteiger partial charge is 0.187 e. The number of benzene rings is 1. The van der Waals surface area contributed by atoms with Crippen molar-refractivity contribution >= 4 is 35.1 Å². The van der Waals surface area contributed by atoms with Crippen LogP contribution in [-0.2, 0) is 0 Å². The Morgan fingerprint density at radius 3 is 2.75 bits per heavy atom. The molecule has 0 saturated carbocycles. The molecule has 0 atom stereocenters. The Labute approximate surface area is 105 Å². The zero-order valence-corrected chi connectivity index (χ0v) is 10.2. The van der Waals surface area contributed by atoms with Gasteiger partial charge in [-0.05, 0) is 29.9 Å². The maximum absolute atomic E-state index is 5.75. The van der Waals surface area contributed by atoms with Crippen LogP contribution in [0.4, 0.5) is 0 Å². The van der Waals surface area contributed by atoms with Gasteiger partial charge in [-0.3, -0.25) is 5.43 Å². The zero-order valence-electron chi connectivity index (χ0n) is 8.61. The van der Waals surface area contributed by atoms with Crippen LogP contribution in [0.3, 0.4) is 0 Å². The lowest BCUT2D eigenvalue weighted by molar-refractivity contribution is 0.942. The second-order valence-corrected chi connectivity index (χ2v) is 3.76. The third-order valence-corrected chi connectivity index (χ3v) is 2.14. The molecule has 0 bridgehead atoms. The summed E-state index contributed by atoms with van der Waals surface area (Å²) in [5, 5.41) is 8.03. The summed E-state index contributed by atoms with van der Waals surface area (Å²) in [5.74, 6) is 0. The minimum absolute atomic E-state index is 0.463. The van der Waals surface area contributed by atoms with E-state index in [1.807, 2.05) is 12.1 Å². The topological polar surface area (TPSA) is 36.4 Å². The van der Waals surface area contributed by atoms with E-state index < -0.39 is 0 Å². The second-order valence-electron chi connectivity index (χ2n) is 2.92. The van der Waals surface area contributed by atoms with Crippen molar-refractivity contribution in [2.75, 3.05) is 6.54 Å². The molecule has 0 aliphatic carbocycles. The van der Waals surface area contributed by atoms with Crippen LogP contribution in [0.2, 0.25) is 5.02 Å². The minimum atomic E-state index is 0.463. The molecule has 0 aliphatic rings. The normalized spacial score (nSPS) is 10.1. The van der Waals surface area contributed by atoms with Gasteiger partial charge in [-0.15, -0.1) is 6.58 Å². The highest BCUT2D eigenvalue weighted by atomic mass is 35.5. The first-order valence-electron chi connectivity index (χ1n) is 4.66. The molecule has 0 heterocycles. The summed E-state index contributed by atoms with van der Waals surface area (Å²) in [6.45, 7) is 4.18. The Hall–Kier alpha value is -1.39. The van der Waals surface area contributed by atoms with Gasteiger partial charge >= 0.3 is 0 Å². The van der Waals surface area contributed by atoms with Gasteiger partial charge in [0.2, 0.25) is 0 Å². The maximum atomic E-state index is 5.75. The van der Waals surface area contributed by atoms with Gasteiger partial charge in [0.15, 0.2) is 5.11 Å². The van der Waals surface area contributed by atoms with E-state index in [4.69, 9.17) is 23.8 Å². The van der Waals surface area contributed by atoms with Crippen molar-refractivity contribution < 1.29 is 0 Å². The van der Waals surface area contributed by atoms with E-state index in [-0.39, 0.29) is 0 Å². The van der Waals surface area contributed by atoms with Crippen LogP contribution in [0, 0.1) is 0 Å². The highest BCUT2D eigenvalue weighted by Gasteiger charge is 1.90. The van der Waals surface area contributed by atoms with Crippen LogP contribution in [-0.4, -0.2) is 17.9 Å². The molecule has 0 amide bonds. The predicted molar refractivity (Wildman–Crippen MR) is 73.0 cm³/mol. The third kappa shape index (κ3) is 4.91. The van der Waals surface area contributed by atoms with Gasteiger partial charge in [-0.1, -0.05) is 29.8 Å². The van der Waals surface area contributed by atoms with Crippen LogP contribution >= 0.6 is 23.8 Å². The Morgan fingerprint density at radius 2 is 2.12 bits per heavy atom. The molecule has 0 aliphatic heterocycles. The summed E-state index contributed by atoms with van der Waals surface area (Å²) in [6.07, 6.45) is 3.38. The molecule has 0 saturated heterocycles. The zero-order chi connectivity index (χ0) is 11.8. The summed E-state index contributed by atoms with van der Waals surface area (Å²) in [4.78, 5) is 0. The summed E-state index contributed by atoms with van der Waals surface area (Å²) in [6, 6.07) is 7.34. The fourth-order valence-electron chi connectivity index (χ4n) is 0.919. The molecular weight excluding hydrogens is 242 g/mol. The third-order valence-electron chi connectivity index (χ3n) is 1.66. The molecule has 0 spiro atoms. The van der Waals surface area contributed by atoms with Crippen LogP contribution in [0.15, 0.2) is 42.0 Å². The number of hydrazone groups is 1. The standard InChI is InChI=1S/C11H12ClN3S/c1-2-7-13-11(16)15-14-8-9-3-5-10(12)6-4-9/h2-6,8H,1,7H2,(H2,13,15,16)/b14-8+. The number of hydrogen-bond donors (Lipinski definition) is 2. The molecule has 3 nitrogen and oxygen atoms in total. The number of nitrogens with zero attached hydrogens (tertiary/aromatic N) is 1. The van der Waals surface area contributed by atoms with Gasteiger partial charge in [0, 0.05) is 11.6 Å². The van der Waals surface area contributed by atoms with Gasteiger partial charge in [-0.2, -0.15) is 5.10 Å². The molecule has 1 aromatic rings. The summed E-state index contributed by atoms with van der Waals surface area (Å²) >= 11 is 10.7.